The van der Waals surface area contributed by atoms with Crippen molar-refractivity contribution in [3.8, 4) is 0 Å². The Hall–Kier alpha value is -1.56. The molecule has 0 bridgehead atoms. The largest absolute Gasteiger partial charge is 0.449 e. The molecule has 0 aliphatic rings. The second-order valence-electron chi connectivity index (χ2n) is 4.30. The van der Waals surface area contributed by atoms with Crippen LogP contribution in [-0.4, -0.2) is 16.1 Å². The number of aromatic nitrogens is 2. The smallest absolute Gasteiger partial charge is 0.329 e. The van der Waals surface area contributed by atoms with Gasteiger partial charge in [-0.1, -0.05) is 0 Å². The molecule has 0 radical (unpaired) electrons. The van der Waals surface area contributed by atoms with Crippen LogP contribution in [0.2, 0.25) is 0 Å². The minimum atomic E-state index is -4.46. The molecule has 2 N–H and O–H groups in total. The molecule has 0 aliphatic carbocycles. The van der Waals surface area contributed by atoms with Crippen molar-refractivity contribution in [2.75, 3.05) is 6.54 Å². The highest BCUT2D eigenvalue weighted by Gasteiger charge is 2.37. The SMILES string of the molecule is Cc1cc2nc(C(F)(F)F)n(CCN)c2cc1C. The van der Waals surface area contributed by atoms with E-state index in [1.165, 1.54) is 0 Å². The standard InChI is InChI=1S/C12H14F3N3/c1-7-5-9-10(6-8(7)2)18(4-3-16)11(17-9)12(13,14)15/h5-6H,3-4,16H2,1-2H3. The number of hydrogen-bond donors (Lipinski definition) is 1. The van der Waals surface area contributed by atoms with Gasteiger partial charge in [0.2, 0.25) is 5.82 Å². The van der Waals surface area contributed by atoms with Gasteiger partial charge >= 0.3 is 6.18 Å². The summed E-state index contributed by atoms with van der Waals surface area (Å²) in [5, 5.41) is 0. The molecular weight excluding hydrogens is 243 g/mol. The molecule has 0 saturated heterocycles. The van der Waals surface area contributed by atoms with Gasteiger partial charge in [0.1, 0.15) is 0 Å². The predicted octanol–water partition coefficient (Wildman–Crippen LogP) is 2.63. The molecule has 2 aromatic rings. The maximum atomic E-state index is 12.9. The van der Waals surface area contributed by atoms with E-state index in [0.29, 0.717) is 11.0 Å². The van der Waals surface area contributed by atoms with Crippen molar-refractivity contribution < 1.29 is 13.2 Å². The van der Waals surface area contributed by atoms with Crippen molar-refractivity contribution >= 4 is 11.0 Å². The Kier molecular flexibility index (Phi) is 3.06. The summed E-state index contributed by atoms with van der Waals surface area (Å²) in [7, 11) is 0. The van der Waals surface area contributed by atoms with Crippen molar-refractivity contribution in [3.05, 3.63) is 29.1 Å². The van der Waals surface area contributed by atoms with Crippen LogP contribution < -0.4 is 5.73 Å². The fourth-order valence-electron chi connectivity index (χ4n) is 1.95. The Morgan fingerprint density at radius 3 is 2.39 bits per heavy atom. The quantitative estimate of drug-likeness (QED) is 0.898. The molecule has 18 heavy (non-hydrogen) atoms. The normalized spacial score (nSPS) is 12.3. The Labute approximate surface area is 102 Å². The minimum Gasteiger partial charge on any atom is -0.329 e. The molecule has 0 unspecified atom stereocenters. The molecule has 2 rings (SSSR count). The number of alkyl halides is 3. The average Bonchev–Trinajstić information content (AvgIpc) is 2.58. The van der Waals surface area contributed by atoms with Gasteiger partial charge in [-0.2, -0.15) is 13.2 Å². The van der Waals surface area contributed by atoms with Crippen LogP contribution in [0.4, 0.5) is 13.2 Å². The average molecular weight is 257 g/mol. The summed E-state index contributed by atoms with van der Waals surface area (Å²) in [5.41, 5.74) is 8.08. The second kappa shape index (κ2) is 4.28. The Bertz CT molecular complexity index is 584. The van der Waals surface area contributed by atoms with Crippen LogP contribution in [0.5, 0.6) is 0 Å². The topological polar surface area (TPSA) is 43.8 Å². The van der Waals surface area contributed by atoms with E-state index >= 15 is 0 Å². The van der Waals surface area contributed by atoms with Crippen LogP contribution >= 0.6 is 0 Å². The lowest BCUT2D eigenvalue weighted by molar-refractivity contribution is -0.146. The van der Waals surface area contributed by atoms with E-state index in [-0.39, 0.29) is 13.1 Å². The molecule has 0 fully saturated rings. The van der Waals surface area contributed by atoms with Crippen molar-refractivity contribution in [2.24, 2.45) is 5.73 Å². The highest BCUT2D eigenvalue weighted by atomic mass is 19.4. The molecule has 1 aromatic carbocycles. The van der Waals surface area contributed by atoms with Crippen molar-refractivity contribution in [1.82, 2.24) is 9.55 Å². The lowest BCUT2D eigenvalue weighted by atomic mass is 10.1. The monoisotopic (exact) mass is 257 g/mol. The molecule has 0 amide bonds. The Morgan fingerprint density at radius 2 is 1.83 bits per heavy atom. The first-order valence-electron chi connectivity index (χ1n) is 5.59. The summed E-state index contributed by atoms with van der Waals surface area (Å²) in [6.07, 6.45) is -4.46. The van der Waals surface area contributed by atoms with Crippen LogP contribution in [-0.2, 0) is 12.7 Å². The van der Waals surface area contributed by atoms with Gasteiger partial charge in [-0.15, -0.1) is 0 Å². The number of nitrogens with zero attached hydrogens (tertiary/aromatic N) is 2. The molecule has 1 heterocycles. The zero-order valence-electron chi connectivity index (χ0n) is 10.2. The third-order valence-corrected chi connectivity index (χ3v) is 2.97. The van der Waals surface area contributed by atoms with E-state index < -0.39 is 12.0 Å². The fraction of sp³-hybridized carbons (Fsp3) is 0.417. The van der Waals surface area contributed by atoms with E-state index in [4.69, 9.17) is 5.73 Å². The number of halogens is 3. The second-order valence-corrected chi connectivity index (χ2v) is 4.30. The molecule has 6 heteroatoms. The van der Waals surface area contributed by atoms with Gasteiger partial charge in [0, 0.05) is 13.1 Å². The van der Waals surface area contributed by atoms with Crippen LogP contribution in [0.3, 0.4) is 0 Å². The number of hydrogen-bond acceptors (Lipinski definition) is 2. The third kappa shape index (κ3) is 2.08. The van der Waals surface area contributed by atoms with E-state index in [9.17, 15) is 13.2 Å². The number of nitrogens with two attached hydrogens (primary N) is 1. The molecule has 0 spiro atoms. The highest BCUT2D eigenvalue weighted by molar-refractivity contribution is 5.78. The summed E-state index contributed by atoms with van der Waals surface area (Å²) in [4.78, 5) is 3.69. The lowest BCUT2D eigenvalue weighted by Gasteiger charge is -2.10. The molecule has 3 nitrogen and oxygen atoms in total. The van der Waals surface area contributed by atoms with E-state index in [0.717, 1.165) is 15.7 Å². The van der Waals surface area contributed by atoms with E-state index in [1.807, 2.05) is 13.8 Å². The number of aryl methyl sites for hydroxylation is 2. The Morgan fingerprint density at radius 1 is 1.22 bits per heavy atom. The lowest BCUT2D eigenvalue weighted by Crippen LogP contribution is -2.18. The van der Waals surface area contributed by atoms with Gasteiger partial charge in [0.15, 0.2) is 0 Å². The van der Waals surface area contributed by atoms with Crippen molar-refractivity contribution in [1.29, 1.82) is 0 Å². The molecule has 0 atom stereocenters. The molecule has 98 valence electrons. The molecule has 1 aromatic heterocycles. The van der Waals surface area contributed by atoms with Crippen LogP contribution in [0, 0.1) is 13.8 Å². The van der Waals surface area contributed by atoms with Crippen LogP contribution in [0.15, 0.2) is 12.1 Å². The number of benzene rings is 1. The first-order valence-corrected chi connectivity index (χ1v) is 5.59. The van der Waals surface area contributed by atoms with Crippen LogP contribution in [0.25, 0.3) is 11.0 Å². The summed E-state index contributed by atoms with van der Waals surface area (Å²) < 4.78 is 39.8. The van der Waals surface area contributed by atoms with Gasteiger partial charge in [-0.3, -0.25) is 0 Å². The first-order chi connectivity index (χ1) is 8.34. The van der Waals surface area contributed by atoms with E-state index in [1.54, 1.807) is 12.1 Å². The summed E-state index contributed by atoms with van der Waals surface area (Å²) in [6, 6.07) is 3.40. The number of rotatable bonds is 2. The fourth-order valence-corrected chi connectivity index (χ4v) is 1.95. The number of fused-ring (bicyclic) bond motifs is 1. The summed E-state index contributed by atoms with van der Waals surface area (Å²) in [6.45, 7) is 3.96. The van der Waals surface area contributed by atoms with Gasteiger partial charge in [0.05, 0.1) is 11.0 Å². The maximum absolute atomic E-state index is 12.9. The first kappa shape index (κ1) is 12.9. The summed E-state index contributed by atoms with van der Waals surface area (Å²) >= 11 is 0. The minimum absolute atomic E-state index is 0.105. The maximum Gasteiger partial charge on any atom is 0.449 e. The zero-order valence-corrected chi connectivity index (χ0v) is 10.2. The summed E-state index contributed by atoms with van der Waals surface area (Å²) in [5.74, 6) is -0.882. The number of imidazole rings is 1. The highest BCUT2D eigenvalue weighted by Crippen LogP contribution is 2.32. The van der Waals surface area contributed by atoms with Crippen molar-refractivity contribution in [2.45, 2.75) is 26.6 Å². The van der Waals surface area contributed by atoms with E-state index in [2.05, 4.69) is 4.98 Å². The molecular formula is C12H14F3N3. The van der Waals surface area contributed by atoms with Gasteiger partial charge in [-0.25, -0.2) is 4.98 Å². The predicted molar refractivity (Wildman–Crippen MR) is 63.3 cm³/mol. The molecule has 0 aliphatic heterocycles. The van der Waals surface area contributed by atoms with Gasteiger partial charge < -0.3 is 10.3 Å². The zero-order chi connectivity index (χ0) is 13.5. The van der Waals surface area contributed by atoms with Crippen LogP contribution in [0.1, 0.15) is 17.0 Å². The van der Waals surface area contributed by atoms with Gasteiger partial charge in [-0.05, 0) is 37.1 Å². The molecule has 0 saturated carbocycles. The van der Waals surface area contributed by atoms with Crippen molar-refractivity contribution in [3.63, 3.8) is 0 Å². The third-order valence-electron chi connectivity index (χ3n) is 2.97. The van der Waals surface area contributed by atoms with Gasteiger partial charge in [0.25, 0.3) is 0 Å². The Balaban J connectivity index is 2.75.